The van der Waals surface area contributed by atoms with Crippen LogP contribution in [-0.4, -0.2) is 22.8 Å². The summed E-state index contributed by atoms with van der Waals surface area (Å²) >= 11 is 6.00. The maximum absolute atomic E-state index is 12.6. The first-order valence-corrected chi connectivity index (χ1v) is 6.72. The number of hydrogen-bond donors (Lipinski definition) is 2. The third-order valence-electron chi connectivity index (χ3n) is 2.96. The Bertz CT molecular complexity index is 770. The summed E-state index contributed by atoms with van der Waals surface area (Å²) < 4.78 is 0. The number of hydrogen-bond acceptors (Lipinski definition) is 3. The van der Waals surface area contributed by atoms with E-state index in [-0.39, 0.29) is 27.4 Å². The summed E-state index contributed by atoms with van der Waals surface area (Å²) in [6, 6.07) is 10.6. The molecule has 0 aliphatic rings. The average Bonchev–Trinajstić information content (AvgIpc) is 2.46. The van der Waals surface area contributed by atoms with E-state index in [1.807, 2.05) is 0 Å². The number of carbonyl (C=O) groups excluding carboxylic acids is 2. The molecule has 0 atom stereocenters. The molecule has 2 rings (SSSR count). The molecule has 0 aliphatic carbocycles. The smallest absolute Gasteiger partial charge is 0.337 e. The van der Waals surface area contributed by atoms with Crippen LogP contribution in [0.1, 0.15) is 33.2 Å². The average molecular weight is 318 g/mol. The van der Waals surface area contributed by atoms with Gasteiger partial charge < -0.3 is 10.4 Å². The van der Waals surface area contributed by atoms with E-state index in [0.29, 0.717) is 0 Å². The molecule has 0 aromatic heterocycles. The fraction of sp³-hybridized carbons (Fsp3) is 0.0625. The molecule has 0 saturated heterocycles. The molecule has 0 aliphatic heterocycles. The van der Waals surface area contributed by atoms with Gasteiger partial charge in [0.05, 0.1) is 16.3 Å². The largest absolute Gasteiger partial charge is 0.478 e. The Labute approximate surface area is 131 Å². The number of carboxylic acid groups (broad SMARTS) is 1. The lowest BCUT2D eigenvalue weighted by Gasteiger charge is -2.12. The second-order valence-corrected chi connectivity index (χ2v) is 4.93. The van der Waals surface area contributed by atoms with Crippen LogP contribution in [0.5, 0.6) is 0 Å². The molecule has 1 amide bonds. The molecule has 5 nitrogen and oxygen atoms in total. The second-order valence-electron chi connectivity index (χ2n) is 4.52. The summed E-state index contributed by atoms with van der Waals surface area (Å²) in [4.78, 5) is 35.2. The molecule has 6 heteroatoms. The van der Waals surface area contributed by atoms with Gasteiger partial charge in [0.25, 0.3) is 0 Å². The van der Waals surface area contributed by atoms with Crippen molar-refractivity contribution in [3.63, 3.8) is 0 Å². The van der Waals surface area contributed by atoms with Crippen LogP contribution in [0, 0.1) is 0 Å². The fourth-order valence-corrected chi connectivity index (χ4v) is 2.24. The van der Waals surface area contributed by atoms with Crippen LogP contribution in [0.3, 0.4) is 0 Å². The summed E-state index contributed by atoms with van der Waals surface area (Å²) in [5, 5.41) is 11.9. The summed E-state index contributed by atoms with van der Waals surface area (Å²) in [6.07, 6.45) is 0. The molecule has 0 radical (unpaired) electrons. The van der Waals surface area contributed by atoms with Crippen LogP contribution in [0.2, 0.25) is 5.02 Å². The molecule has 0 spiro atoms. The Kier molecular flexibility index (Phi) is 4.58. The number of amides is 1. The molecule has 0 unspecified atom stereocenters. The third-order valence-corrected chi connectivity index (χ3v) is 3.29. The fourth-order valence-electron chi connectivity index (χ4n) is 2.02. The lowest BCUT2D eigenvalue weighted by atomic mass is 9.98. The van der Waals surface area contributed by atoms with Crippen LogP contribution in [-0.2, 0) is 4.79 Å². The maximum Gasteiger partial charge on any atom is 0.337 e. The standard InChI is InChI=1S/C16H12ClNO4/c1-9(19)18-14-11(6-4-7-12(14)16(21)22)15(20)10-5-2-3-8-13(10)17/h2-8H,1H3,(H,18,19)(H,21,22). The van der Waals surface area contributed by atoms with Crippen molar-refractivity contribution >= 4 is 34.9 Å². The number of anilines is 1. The zero-order chi connectivity index (χ0) is 16.3. The van der Waals surface area contributed by atoms with E-state index in [9.17, 15) is 19.5 Å². The Morgan fingerprint density at radius 1 is 0.955 bits per heavy atom. The Balaban J connectivity index is 2.62. The van der Waals surface area contributed by atoms with Crippen molar-refractivity contribution in [2.24, 2.45) is 0 Å². The third kappa shape index (κ3) is 3.15. The summed E-state index contributed by atoms with van der Waals surface area (Å²) in [5.74, 6) is -2.17. The Hall–Kier alpha value is -2.66. The normalized spacial score (nSPS) is 10.1. The van der Waals surface area contributed by atoms with Gasteiger partial charge in [-0.3, -0.25) is 9.59 Å². The van der Waals surface area contributed by atoms with Gasteiger partial charge in [0.2, 0.25) is 5.91 Å². The molecule has 0 saturated carbocycles. The number of ketones is 1. The van der Waals surface area contributed by atoms with Crippen molar-refractivity contribution in [1.82, 2.24) is 0 Å². The van der Waals surface area contributed by atoms with Gasteiger partial charge in [-0.2, -0.15) is 0 Å². The summed E-state index contributed by atoms with van der Waals surface area (Å²) in [7, 11) is 0. The zero-order valence-electron chi connectivity index (χ0n) is 11.6. The minimum Gasteiger partial charge on any atom is -0.478 e. The number of nitrogens with one attached hydrogen (secondary N) is 1. The van der Waals surface area contributed by atoms with Crippen molar-refractivity contribution in [3.05, 3.63) is 64.2 Å². The van der Waals surface area contributed by atoms with Gasteiger partial charge >= 0.3 is 5.97 Å². The van der Waals surface area contributed by atoms with Crippen molar-refractivity contribution in [3.8, 4) is 0 Å². The zero-order valence-corrected chi connectivity index (χ0v) is 12.3. The van der Waals surface area contributed by atoms with E-state index in [1.165, 1.54) is 31.2 Å². The number of carboxylic acids is 1. The Morgan fingerprint density at radius 3 is 2.14 bits per heavy atom. The van der Waals surface area contributed by atoms with Gasteiger partial charge in [-0.05, 0) is 24.3 Å². The lowest BCUT2D eigenvalue weighted by Crippen LogP contribution is -2.16. The van der Waals surface area contributed by atoms with Gasteiger partial charge in [0.15, 0.2) is 5.78 Å². The number of aromatic carboxylic acids is 1. The first-order chi connectivity index (χ1) is 10.4. The highest BCUT2D eigenvalue weighted by molar-refractivity contribution is 6.35. The molecule has 2 N–H and O–H groups in total. The highest BCUT2D eigenvalue weighted by Gasteiger charge is 2.21. The minimum absolute atomic E-state index is 0.0348. The SMILES string of the molecule is CC(=O)Nc1c(C(=O)O)cccc1C(=O)c1ccccc1Cl. The van der Waals surface area contributed by atoms with Gasteiger partial charge in [-0.25, -0.2) is 4.79 Å². The molecule has 22 heavy (non-hydrogen) atoms. The second kappa shape index (κ2) is 6.41. The highest BCUT2D eigenvalue weighted by Crippen LogP contribution is 2.27. The van der Waals surface area contributed by atoms with E-state index in [0.717, 1.165) is 0 Å². The predicted molar refractivity (Wildman–Crippen MR) is 82.6 cm³/mol. The van der Waals surface area contributed by atoms with Crippen LogP contribution >= 0.6 is 11.6 Å². The van der Waals surface area contributed by atoms with Crippen molar-refractivity contribution < 1.29 is 19.5 Å². The summed E-state index contributed by atoms with van der Waals surface area (Å²) in [5.41, 5.74) is 0.113. The minimum atomic E-state index is -1.24. The van der Waals surface area contributed by atoms with E-state index in [2.05, 4.69) is 5.32 Å². The molecule has 0 heterocycles. The van der Waals surface area contributed by atoms with Crippen LogP contribution < -0.4 is 5.32 Å². The van der Waals surface area contributed by atoms with Crippen LogP contribution in [0.25, 0.3) is 0 Å². The first-order valence-electron chi connectivity index (χ1n) is 6.35. The van der Waals surface area contributed by atoms with Crippen LogP contribution in [0.15, 0.2) is 42.5 Å². The van der Waals surface area contributed by atoms with E-state index >= 15 is 0 Å². The van der Waals surface area contributed by atoms with Gasteiger partial charge in [-0.15, -0.1) is 0 Å². The predicted octanol–water partition coefficient (Wildman–Crippen LogP) is 3.23. The molecule has 112 valence electrons. The molecule has 0 fully saturated rings. The quantitative estimate of drug-likeness (QED) is 0.848. The molecular weight excluding hydrogens is 306 g/mol. The van der Waals surface area contributed by atoms with E-state index < -0.39 is 17.7 Å². The number of para-hydroxylation sites is 1. The maximum atomic E-state index is 12.6. The van der Waals surface area contributed by atoms with E-state index in [4.69, 9.17) is 11.6 Å². The molecule has 0 bridgehead atoms. The monoisotopic (exact) mass is 317 g/mol. The van der Waals surface area contributed by atoms with Crippen molar-refractivity contribution in [2.75, 3.05) is 5.32 Å². The van der Waals surface area contributed by atoms with Gasteiger partial charge in [-0.1, -0.05) is 29.8 Å². The Morgan fingerprint density at radius 2 is 1.55 bits per heavy atom. The van der Waals surface area contributed by atoms with E-state index in [1.54, 1.807) is 18.2 Å². The molecule has 2 aromatic rings. The van der Waals surface area contributed by atoms with Crippen LogP contribution in [0.4, 0.5) is 5.69 Å². The number of halogens is 1. The lowest BCUT2D eigenvalue weighted by molar-refractivity contribution is -0.114. The number of carbonyl (C=O) groups is 3. The number of rotatable bonds is 4. The molecular formula is C16H12ClNO4. The van der Waals surface area contributed by atoms with Crippen molar-refractivity contribution in [2.45, 2.75) is 6.92 Å². The van der Waals surface area contributed by atoms with Crippen molar-refractivity contribution in [1.29, 1.82) is 0 Å². The first kappa shape index (κ1) is 15.7. The summed E-state index contributed by atoms with van der Waals surface area (Å²) in [6.45, 7) is 1.24. The van der Waals surface area contributed by atoms with Gasteiger partial charge in [0, 0.05) is 18.1 Å². The highest BCUT2D eigenvalue weighted by atomic mass is 35.5. The molecule has 2 aromatic carbocycles. The topological polar surface area (TPSA) is 83.5 Å². The van der Waals surface area contributed by atoms with Gasteiger partial charge in [0.1, 0.15) is 0 Å². The number of benzene rings is 2.